The molecule has 0 spiro atoms. The van der Waals surface area contributed by atoms with Crippen LogP contribution in [0.2, 0.25) is 15.7 Å². The van der Waals surface area contributed by atoms with E-state index >= 15 is 0 Å². The van der Waals surface area contributed by atoms with Crippen LogP contribution in [-0.2, 0) is 37.0 Å². The van der Waals surface area contributed by atoms with Gasteiger partial charge in [0.2, 0.25) is 16.6 Å². The van der Waals surface area contributed by atoms with E-state index in [1.165, 1.54) is 11.8 Å². The third-order valence-electron chi connectivity index (χ3n) is 5.50. The van der Waals surface area contributed by atoms with Crippen molar-refractivity contribution >= 4 is 40.6 Å². The summed E-state index contributed by atoms with van der Waals surface area (Å²) in [6, 6.07) is 3.80. The molecule has 3 N–H and O–H groups in total. The molecule has 11 heteroatoms. The average Bonchev–Trinajstić information content (AvgIpc) is 3.65. The largest absolute Gasteiger partial charge is 0.467 e. The average molecular weight is 551 g/mol. The minimum absolute atomic E-state index is 0. The third-order valence-corrected chi connectivity index (χ3v) is 6.15. The van der Waals surface area contributed by atoms with E-state index in [2.05, 4.69) is 31.3 Å². The van der Waals surface area contributed by atoms with Crippen LogP contribution in [0.5, 0.6) is 0 Å². The molecule has 3 aromatic rings. The van der Waals surface area contributed by atoms with Gasteiger partial charge in [0.15, 0.2) is 0 Å². The second-order valence-corrected chi connectivity index (χ2v) is 8.87. The van der Waals surface area contributed by atoms with Crippen molar-refractivity contribution in [2.75, 3.05) is 11.9 Å². The van der Waals surface area contributed by atoms with Crippen LogP contribution < -0.4 is 11.1 Å². The van der Waals surface area contributed by atoms with Gasteiger partial charge in [-0.3, -0.25) is 0 Å². The van der Waals surface area contributed by atoms with Crippen molar-refractivity contribution in [1.29, 1.82) is 0 Å². The zero-order chi connectivity index (χ0) is 24.6. The first-order chi connectivity index (χ1) is 17.0. The number of fused-ring (bicyclic) bond motifs is 2. The number of aromatic nitrogens is 4. The van der Waals surface area contributed by atoms with Gasteiger partial charge in [-0.1, -0.05) is 19.0 Å². The molecule has 0 atom stereocenters. The Morgan fingerprint density at radius 2 is 1.64 bits per heavy atom. The summed E-state index contributed by atoms with van der Waals surface area (Å²) in [6.45, 7) is 1.08. The smallest absolute Gasteiger partial charge is 0.264 e. The second kappa shape index (κ2) is 13.5. The lowest BCUT2D eigenvalue weighted by molar-refractivity contribution is 0.356. The number of allylic oxidation sites excluding steroid dienone is 2. The molecule has 0 amide bonds. The van der Waals surface area contributed by atoms with E-state index in [9.17, 15) is 0 Å². The van der Waals surface area contributed by atoms with Crippen molar-refractivity contribution in [3.05, 3.63) is 86.6 Å². The first-order valence-electron chi connectivity index (χ1n) is 11.2. The number of halogens is 3. The molecule has 190 valence electrons. The highest BCUT2D eigenvalue weighted by atomic mass is 35.5. The van der Waals surface area contributed by atoms with Crippen molar-refractivity contribution in [3.8, 4) is 0 Å². The maximum Gasteiger partial charge on any atom is 0.264 e. The first-order valence-corrected chi connectivity index (χ1v) is 12.3. The Balaban J connectivity index is 0.000000164. The van der Waals surface area contributed by atoms with E-state index in [1.807, 2.05) is 12.1 Å². The maximum atomic E-state index is 5.90. The molecule has 0 unspecified atom stereocenters. The summed E-state index contributed by atoms with van der Waals surface area (Å²) < 4.78 is 10.1. The summed E-state index contributed by atoms with van der Waals surface area (Å²) >= 11 is 17.4. The van der Waals surface area contributed by atoms with Crippen LogP contribution in [0, 0.1) is 6.08 Å². The quantitative estimate of drug-likeness (QED) is 0.234. The summed E-state index contributed by atoms with van der Waals surface area (Å²) in [7, 11) is 0. The Morgan fingerprint density at radius 3 is 2.25 bits per heavy atom. The van der Waals surface area contributed by atoms with Gasteiger partial charge in [0.05, 0.1) is 24.2 Å². The molecule has 36 heavy (non-hydrogen) atoms. The number of ether oxygens (including phenoxy) is 1. The molecule has 3 aliphatic rings. The van der Waals surface area contributed by atoms with E-state index in [1.54, 1.807) is 12.3 Å². The molecule has 6 rings (SSSR count). The van der Waals surface area contributed by atoms with Crippen LogP contribution in [-0.4, -0.2) is 26.5 Å². The van der Waals surface area contributed by atoms with Gasteiger partial charge < -0.3 is 20.2 Å². The summed E-state index contributed by atoms with van der Waals surface area (Å²) in [5.41, 5.74) is 9.55. The molecule has 0 saturated heterocycles. The van der Waals surface area contributed by atoms with Crippen LogP contribution in [0.1, 0.15) is 48.5 Å². The summed E-state index contributed by atoms with van der Waals surface area (Å²) in [5.74, 6) is 2.50. The number of nitrogens with two attached hydrogens (primary N) is 1. The lowest BCUT2D eigenvalue weighted by Gasteiger charge is -2.09. The summed E-state index contributed by atoms with van der Waals surface area (Å²) in [4.78, 5) is 16.4. The van der Waals surface area contributed by atoms with Crippen LogP contribution >= 0.6 is 34.8 Å². The van der Waals surface area contributed by atoms with Crippen molar-refractivity contribution in [2.24, 2.45) is 5.73 Å². The Hall–Kier alpha value is -2.74. The number of hydrogen-bond donors (Lipinski definition) is 2. The number of aryl methyl sites for hydroxylation is 2. The van der Waals surface area contributed by atoms with Crippen molar-refractivity contribution in [2.45, 2.75) is 52.5 Å². The molecule has 0 radical (unpaired) electrons. The molecule has 3 aromatic heterocycles. The van der Waals surface area contributed by atoms with E-state index in [0.717, 1.165) is 72.8 Å². The molecule has 8 nitrogen and oxygen atoms in total. The zero-order valence-corrected chi connectivity index (χ0v) is 21.1. The van der Waals surface area contributed by atoms with Gasteiger partial charge >= 0.3 is 0 Å². The highest BCUT2D eigenvalue weighted by Gasteiger charge is 2.19. The van der Waals surface area contributed by atoms with E-state index in [-0.39, 0.29) is 12.7 Å². The third kappa shape index (κ3) is 7.38. The molecule has 4 heterocycles. The SMILES string of the molecule is C.Clc1nc(Cl)c2c(n1)CCC2.Clc1nc2c(c(NCc3ccco3)n1)CCC2.NCC1=C[C+]=CO1. The highest BCUT2D eigenvalue weighted by Crippen LogP contribution is 2.28. The normalized spacial score (nSPS) is 14.1. The van der Waals surface area contributed by atoms with Gasteiger partial charge in [-0.15, -0.1) is 0 Å². The Morgan fingerprint density at radius 1 is 0.944 bits per heavy atom. The molecular formula is C25H28Cl3N6O2+. The van der Waals surface area contributed by atoms with Gasteiger partial charge in [0.1, 0.15) is 29.4 Å². The number of nitrogens with one attached hydrogen (secondary N) is 1. The molecule has 0 saturated carbocycles. The summed E-state index contributed by atoms with van der Waals surface area (Å²) in [6.07, 6.45) is 13.8. The van der Waals surface area contributed by atoms with E-state index in [0.29, 0.717) is 23.5 Å². The molecule has 1 aliphatic heterocycles. The summed E-state index contributed by atoms with van der Waals surface area (Å²) in [5, 5.41) is 4.36. The fourth-order valence-corrected chi connectivity index (χ4v) is 4.57. The number of nitrogens with zero attached hydrogens (tertiary/aromatic N) is 4. The van der Waals surface area contributed by atoms with E-state index < -0.39 is 0 Å². The molecule has 0 aromatic carbocycles. The predicted molar refractivity (Wildman–Crippen MR) is 142 cm³/mol. The van der Waals surface area contributed by atoms with Crippen LogP contribution in [0.4, 0.5) is 5.82 Å². The standard InChI is InChI=1S/C12H12ClN3O.C7H6Cl2N2.C5H6NO.CH4/c13-12-15-10-5-1-4-9(10)11(16-12)14-7-8-3-2-6-17-8;8-6-4-2-1-3-5(4)10-7(9)11-6;6-4-5-2-1-3-7-5;/h2-3,6H,1,4-5,7H2,(H,14,15,16);1-3H2;2-3H,4,6H2;1H4/q;;+1;. The van der Waals surface area contributed by atoms with Gasteiger partial charge in [-0.05, 0) is 73.9 Å². The van der Waals surface area contributed by atoms with Gasteiger partial charge in [-0.2, -0.15) is 0 Å². The number of hydrogen-bond acceptors (Lipinski definition) is 8. The van der Waals surface area contributed by atoms with Crippen molar-refractivity contribution < 1.29 is 9.15 Å². The minimum Gasteiger partial charge on any atom is -0.467 e. The maximum absolute atomic E-state index is 5.90. The van der Waals surface area contributed by atoms with Crippen LogP contribution in [0.25, 0.3) is 0 Å². The van der Waals surface area contributed by atoms with Gasteiger partial charge in [0.25, 0.3) is 12.0 Å². The molecule has 0 fully saturated rings. The molecule has 0 bridgehead atoms. The minimum atomic E-state index is 0. The lowest BCUT2D eigenvalue weighted by Crippen LogP contribution is -2.05. The highest BCUT2D eigenvalue weighted by molar-refractivity contribution is 6.32. The van der Waals surface area contributed by atoms with Crippen molar-refractivity contribution in [1.82, 2.24) is 19.9 Å². The van der Waals surface area contributed by atoms with Crippen molar-refractivity contribution in [3.63, 3.8) is 0 Å². The second-order valence-electron chi connectivity index (χ2n) is 7.83. The predicted octanol–water partition coefficient (Wildman–Crippen LogP) is 5.91. The number of rotatable bonds is 4. The monoisotopic (exact) mass is 549 g/mol. The number of furan rings is 1. The van der Waals surface area contributed by atoms with Gasteiger partial charge in [0, 0.05) is 11.1 Å². The zero-order valence-electron chi connectivity index (χ0n) is 18.9. The fourth-order valence-electron chi connectivity index (χ4n) is 3.87. The number of anilines is 1. The lowest BCUT2D eigenvalue weighted by atomic mass is 10.2. The van der Waals surface area contributed by atoms with Crippen LogP contribution in [0.15, 0.2) is 40.9 Å². The topological polar surface area (TPSA) is 112 Å². The molecule has 2 aliphatic carbocycles. The van der Waals surface area contributed by atoms with E-state index in [4.69, 9.17) is 49.7 Å². The Kier molecular flexibility index (Phi) is 10.5. The Bertz CT molecular complexity index is 1210. The van der Waals surface area contributed by atoms with Crippen LogP contribution in [0.3, 0.4) is 0 Å². The first kappa shape index (κ1) is 27.8. The molecular weight excluding hydrogens is 523 g/mol. The Labute approximate surface area is 225 Å². The fraction of sp³-hybridized carbons (Fsp3) is 0.360. The van der Waals surface area contributed by atoms with Gasteiger partial charge in [-0.25, -0.2) is 19.9 Å².